The van der Waals surface area contributed by atoms with E-state index >= 15 is 0 Å². The first-order valence-electron chi connectivity index (χ1n) is 7.08. The first-order valence-corrected chi connectivity index (χ1v) is 8.52. The lowest BCUT2D eigenvalue weighted by atomic mass is 10.2. The lowest BCUT2D eigenvalue weighted by molar-refractivity contribution is 0.210. The van der Waals surface area contributed by atoms with E-state index in [9.17, 15) is 13.2 Å². The van der Waals surface area contributed by atoms with Crippen molar-refractivity contribution in [1.82, 2.24) is 9.21 Å². The van der Waals surface area contributed by atoms with Crippen molar-refractivity contribution in [1.29, 1.82) is 0 Å². The van der Waals surface area contributed by atoms with Crippen LogP contribution in [0.2, 0.25) is 0 Å². The minimum atomic E-state index is -3.50. The fourth-order valence-electron chi connectivity index (χ4n) is 2.40. The van der Waals surface area contributed by atoms with Crippen molar-refractivity contribution in [3.05, 3.63) is 29.8 Å². The van der Waals surface area contributed by atoms with Crippen LogP contribution in [0.5, 0.6) is 0 Å². The van der Waals surface area contributed by atoms with E-state index in [1.807, 2.05) is 19.1 Å². The van der Waals surface area contributed by atoms with Gasteiger partial charge in [-0.1, -0.05) is 19.1 Å². The fraction of sp³-hybridized carbons (Fsp3) is 0.500. The van der Waals surface area contributed by atoms with Gasteiger partial charge >= 0.3 is 6.03 Å². The SMILES string of the molecule is CCc1ccc(S(=O)(=O)N2CCCN(C(N)=O)CC2)cc1. The molecule has 7 heteroatoms. The van der Waals surface area contributed by atoms with Crippen molar-refractivity contribution in [2.24, 2.45) is 5.73 Å². The van der Waals surface area contributed by atoms with Crippen LogP contribution in [0.1, 0.15) is 18.9 Å². The van der Waals surface area contributed by atoms with Crippen LogP contribution >= 0.6 is 0 Å². The number of rotatable bonds is 3. The Balaban J connectivity index is 2.16. The molecular weight excluding hydrogens is 290 g/mol. The van der Waals surface area contributed by atoms with Crippen molar-refractivity contribution in [3.8, 4) is 0 Å². The van der Waals surface area contributed by atoms with Gasteiger partial charge in [0.25, 0.3) is 0 Å². The number of amides is 2. The first kappa shape index (κ1) is 15.8. The summed E-state index contributed by atoms with van der Waals surface area (Å²) < 4.78 is 26.6. The van der Waals surface area contributed by atoms with Crippen LogP contribution in [0.3, 0.4) is 0 Å². The molecule has 1 aliphatic heterocycles. The smallest absolute Gasteiger partial charge is 0.314 e. The number of primary amides is 1. The number of carbonyl (C=O) groups excluding carboxylic acids is 1. The van der Waals surface area contributed by atoms with Crippen LogP contribution in [0.4, 0.5) is 4.79 Å². The Hall–Kier alpha value is -1.60. The number of hydrogen-bond donors (Lipinski definition) is 1. The van der Waals surface area contributed by atoms with Gasteiger partial charge in [0.2, 0.25) is 10.0 Å². The Labute approximate surface area is 125 Å². The monoisotopic (exact) mass is 311 g/mol. The molecule has 0 aromatic heterocycles. The highest BCUT2D eigenvalue weighted by molar-refractivity contribution is 7.89. The number of benzene rings is 1. The second-order valence-corrected chi connectivity index (χ2v) is 7.02. The maximum absolute atomic E-state index is 12.6. The fourth-order valence-corrected chi connectivity index (χ4v) is 3.87. The van der Waals surface area contributed by atoms with Gasteiger partial charge in [-0.2, -0.15) is 4.31 Å². The number of hydrogen-bond acceptors (Lipinski definition) is 3. The summed E-state index contributed by atoms with van der Waals surface area (Å²) in [6.45, 7) is 3.54. The van der Waals surface area contributed by atoms with E-state index in [2.05, 4.69) is 0 Å². The molecule has 2 amide bonds. The minimum absolute atomic E-state index is 0.279. The Morgan fingerprint density at radius 1 is 1.14 bits per heavy atom. The summed E-state index contributed by atoms with van der Waals surface area (Å²) in [7, 11) is -3.50. The third-order valence-electron chi connectivity index (χ3n) is 3.74. The van der Waals surface area contributed by atoms with Gasteiger partial charge in [-0.15, -0.1) is 0 Å². The highest BCUT2D eigenvalue weighted by atomic mass is 32.2. The van der Waals surface area contributed by atoms with Gasteiger partial charge in [-0.3, -0.25) is 0 Å². The predicted octanol–water partition coefficient (Wildman–Crippen LogP) is 1.02. The summed E-state index contributed by atoms with van der Waals surface area (Å²) in [5.74, 6) is 0. The number of aryl methyl sites for hydroxylation is 1. The Morgan fingerprint density at radius 2 is 1.81 bits per heavy atom. The van der Waals surface area contributed by atoms with Gasteiger partial charge in [-0.05, 0) is 30.5 Å². The largest absolute Gasteiger partial charge is 0.351 e. The second kappa shape index (κ2) is 6.44. The van der Waals surface area contributed by atoms with E-state index < -0.39 is 16.1 Å². The maximum atomic E-state index is 12.6. The summed E-state index contributed by atoms with van der Waals surface area (Å²) in [6.07, 6.45) is 1.47. The summed E-state index contributed by atoms with van der Waals surface area (Å²) in [5.41, 5.74) is 6.35. The van der Waals surface area contributed by atoms with Crippen LogP contribution in [0.25, 0.3) is 0 Å². The molecule has 0 aliphatic carbocycles. The maximum Gasteiger partial charge on any atom is 0.314 e. The molecule has 0 spiro atoms. The first-order chi connectivity index (χ1) is 9.95. The average molecular weight is 311 g/mol. The van der Waals surface area contributed by atoms with Crippen LogP contribution in [0.15, 0.2) is 29.2 Å². The van der Waals surface area contributed by atoms with Crippen LogP contribution in [0, 0.1) is 0 Å². The topological polar surface area (TPSA) is 83.7 Å². The van der Waals surface area contributed by atoms with Gasteiger partial charge in [0, 0.05) is 26.2 Å². The molecule has 6 nitrogen and oxygen atoms in total. The summed E-state index contributed by atoms with van der Waals surface area (Å²) in [6, 6.07) is 6.46. The second-order valence-electron chi connectivity index (χ2n) is 5.08. The molecular formula is C14H21N3O3S. The van der Waals surface area contributed by atoms with E-state index in [0.717, 1.165) is 12.0 Å². The summed E-state index contributed by atoms with van der Waals surface area (Å²) in [5, 5.41) is 0. The van der Waals surface area contributed by atoms with Gasteiger partial charge in [0.1, 0.15) is 0 Å². The standard InChI is InChI=1S/C14H21N3O3S/c1-2-12-4-6-13(7-5-12)21(19,20)17-9-3-8-16(10-11-17)14(15)18/h4-7H,2-3,8-11H2,1H3,(H2,15,18). The number of carbonyl (C=O) groups is 1. The third-order valence-corrected chi connectivity index (χ3v) is 5.65. The zero-order chi connectivity index (χ0) is 15.5. The molecule has 0 radical (unpaired) electrons. The van der Waals surface area contributed by atoms with Crippen LogP contribution in [-0.4, -0.2) is 49.8 Å². The summed E-state index contributed by atoms with van der Waals surface area (Å²) in [4.78, 5) is 13.0. The zero-order valence-corrected chi connectivity index (χ0v) is 13.0. The molecule has 116 valence electrons. The summed E-state index contributed by atoms with van der Waals surface area (Å²) >= 11 is 0. The molecule has 1 heterocycles. The Kier molecular flexibility index (Phi) is 4.84. The van der Waals surface area contributed by atoms with E-state index in [1.165, 1.54) is 9.21 Å². The number of urea groups is 1. The lowest BCUT2D eigenvalue weighted by Gasteiger charge is -2.21. The molecule has 1 aromatic carbocycles. The predicted molar refractivity (Wildman–Crippen MR) is 80.4 cm³/mol. The molecule has 0 atom stereocenters. The number of nitrogens with zero attached hydrogens (tertiary/aromatic N) is 2. The lowest BCUT2D eigenvalue weighted by Crippen LogP contribution is -2.39. The van der Waals surface area contributed by atoms with Gasteiger partial charge in [0.05, 0.1) is 4.90 Å². The van der Waals surface area contributed by atoms with Gasteiger partial charge < -0.3 is 10.6 Å². The van der Waals surface area contributed by atoms with E-state index in [1.54, 1.807) is 12.1 Å². The van der Waals surface area contributed by atoms with Crippen molar-refractivity contribution in [3.63, 3.8) is 0 Å². The van der Waals surface area contributed by atoms with Crippen molar-refractivity contribution in [2.45, 2.75) is 24.7 Å². The molecule has 0 saturated carbocycles. The Morgan fingerprint density at radius 3 is 2.38 bits per heavy atom. The molecule has 1 aromatic rings. The normalized spacial score (nSPS) is 17.5. The van der Waals surface area contributed by atoms with E-state index in [-0.39, 0.29) is 6.54 Å². The molecule has 1 saturated heterocycles. The number of nitrogens with two attached hydrogens (primary N) is 1. The van der Waals surface area contributed by atoms with Crippen molar-refractivity contribution < 1.29 is 13.2 Å². The van der Waals surface area contributed by atoms with Crippen LogP contribution < -0.4 is 5.73 Å². The molecule has 2 N–H and O–H groups in total. The molecule has 1 aliphatic rings. The van der Waals surface area contributed by atoms with Gasteiger partial charge in [-0.25, -0.2) is 13.2 Å². The molecule has 2 rings (SSSR count). The van der Waals surface area contributed by atoms with Crippen LogP contribution in [-0.2, 0) is 16.4 Å². The highest BCUT2D eigenvalue weighted by Crippen LogP contribution is 2.18. The zero-order valence-electron chi connectivity index (χ0n) is 12.2. The molecule has 0 unspecified atom stereocenters. The average Bonchev–Trinajstić information content (AvgIpc) is 2.73. The van der Waals surface area contributed by atoms with Gasteiger partial charge in [0.15, 0.2) is 0 Å². The van der Waals surface area contributed by atoms with E-state index in [0.29, 0.717) is 31.0 Å². The van der Waals surface area contributed by atoms with Crippen molar-refractivity contribution in [2.75, 3.05) is 26.2 Å². The molecule has 0 bridgehead atoms. The van der Waals surface area contributed by atoms with Crippen molar-refractivity contribution >= 4 is 16.1 Å². The number of sulfonamides is 1. The molecule has 21 heavy (non-hydrogen) atoms. The minimum Gasteiger partial charge on any atom is -0.351 e. The molecule has 1 fully saturated rings. The highest BCUT2D eigenvalue weighted by Gasteiger charge is 2.27. The van der Waals surface area contributed by atoms with E-state index in [4.69, 9.17) is 5.73 Å². The third kappa shape index (κ3) is 3.54. The Bertz CT molecular complexity index is 598. The quantitative estimate of drug-likeness (QED) is 0.904.